The van der Waals surface area contributed by atoms with Gasteiger partial charge < -0.3 is 10.5 Å². The summed E-state index contributed by atoms with van der Waals surface area (Å²) in [5.74, 6) is 0.175. The van der Waals surface area contributed by atoms with Gasteiger partial charge in [0.05, 0.1) is 22.2 Å². The van der Waals surface area contributed by atoms with Crippen LogP contribution in [0.4, 0.5) is 5.69 Å². The van der Waals surface area contributed by atoms with Gasteiger partial charge in [0.2, 0.25) is 0 Å². The number of anilines is 1. The third-order valence-electron chi connectivity index (χ3n) is 2.71. The second-order valence-corrected chi connectivity index (χ2v) is 5.24. The summed E-state index contributed by atoms with van der Waals surface area (Å²) in [6.45, 7) is 0. The van der Waals surface area contributed by atoms with Gasteiger partial charge in [-0.15, -0.1) is 0 Å². The lowest BCUT2D eigenvalue weighted by Gasteiger charge is -2.08. The molecule has 0 heterocycles. The lowest BCUT2D eigenvalue weighted by atomic mass is 10.0. The summed E-state index contributed by atoms with van der Waals surface area (Å²) in [4.78, 5) is 12.4. The molecule has 2 aromatic rings. The van der Waals surface area contributed by atoms with Crippen LogP contribution in [0.2, 0.25) is 15.1 Å². The maximum absolute atomic E-state index is 12.4. The van der Waals surface area contributed by atoms with E-state index in [1.165, 1.54) is 25.3 Å². The number of nitrogens with two attached hydrogens (primary N) is 1. The molecule has 3 nitrogen and oxygen atoms in total. The molecular weight excluding hydrogens is 321 g/mol. The molecule has 0 fully saturated rings. The number of rotatable bonds is 3. The largest absolute Gasteiger partial charge is 0.495 e. The standard InChI is InChI=1S/C14H10Cl3NO2/c1-20-12-3-2-7(4-10(12)15)14(19)9-5-8(18)6-11(16)13(9)17/h2-6H,18H2,1H3. The van der Waals surface area contributed by atoms with Crippen molar-refractivity contribution in [2.45, 2.75) is 0 Å². The summed E-state index contributed by atoms with van der Waals surface area (Å²) < 4.78 is 5.04. The summed E-state index contributed by atoms with van der Waals surface area (Å²) >= 11 is 18.0. The molecule has 0 aliphatic carbocycles. The quantitative estimate of drug-likeness (QED) is 0.667. The van der Waals surface area contributed by atoms with Crippen molar-refractivity contribution < 1.29 is 9.53 Å². The Morgan fingerprint density at radius 1 is 1.10 bits per heavy atom. The van der Waals surface area contributed by atoms with Crippen LogP contribution in [0.3, 0.4) is 0 Å². The van der Waals surface area contributed by atoms with Gasteiger partial charge in [-0.1, -0.05) is 34.8 Å². The molecule has 0 saturated carbocycles. The SMILES string of the molecule is COc1ccc(C(=O)c2cc(N)cc(Cl)c2Cl)cc1Cl. The van der Waals surface area contributed by atoms with Crippen LogP contribution in [-0.2, 0) is 0 Å². The average molecular weight is 331 g/mol. The van der Waals surface area contributed by atoms with Gasteiger partial charge in [0.1, 0.15) is 5.75 Å². The van der Waals surface area contributed by atoms with Gasteiger partial charge in [-0.05, 0) is 30.3 Å². The summed E-state index contributed by atoms with van der Waals surface area (Å²) in [7, 11) is 1.50. The van der Waals surface area contributed by atoms with E-state index in [-0.39, 0.29) is 21.4 Å². The van der Waals surface area contributed by atoms with E-state index >= 15 is 0 Å². The zero-order valence-corrected chi connectivity index (χ0v) is 12.7. The fourth-order valence-corrected chi connectivity index (χ4v) is 2.42. The number of nitrogen functional groups attached to an aromatic ring is 1. The zero-order valence-electron chi connectivity index (χ0n) is 10.4. The fourth-order valence-electron chi connectivity index (χ4n) is 1.74. The summed E-state index contributed by atoms with van der Waals surface area (Å²) in [5, 5.41) is 0.733. The first-order valence-electron chi connectivity index (χ1n) is 5.56. The van der Waals surface area contributed by atoms with Crippen molar-refractivity contribution in [3.05, 3.63) is 56.5 Å². The molecule has 2 N–H and O–H groups in total. The van der Waals surface area contributed by atoms with Crippen molar-refractivity contribution in [1.29, 1.82) is 0 Å². The van der Waals surface area contributed by atoms with Crippen molar-refractivity contribution in [2.24, 2.45) is 0 Å². The van der Waals surface area contributed by atoms with Crippen molar-refractivity contribution >= 4 is 46.3 Å². The number of methoxy groups -OCH3 is 1. The molecule has 0 aliphatic rings. The van der Waals surface area contributed by atoms with Crippen LogP contribution in [0.15, 0.2) is 30.3 Å². The van der Waals surface area contributed by atoms with Gasteiger partial charge in [-0.25, -0.2) is 0 Å². The maximum atomic E-state index is 12.4. The van der Waals surface area contributed by atoms with Gasteiger partial charge in [-0.2, -0.15) is 0 Å². The molecule has 104 valence electrons. The average Bonchev–Trinajstić information content (AvgIpc) is 2.42. The number of ether oxygens (including phenoxy) is 1. The molecule has 0 spiro atoms. The van der Waals surface area contributed by atoms with Crippen LogP contribution in [0.5, 0.6) is 5.75 Å². The molecule has 0 aromatic heterocycles. The highest BCUT2D eigenvalue weighted by Gasteiger charge is 2.17. The topological polar surface area (TPSA) is 52.3 Å². The first-order chi connectivity index (χ1) is 9.43. The Bertz CT molecular complexity index is 686. The Labute approximate surface area is 131 Å². The van der Waals surface area contributed by atoms with Crippen LogP contribution in [-0.4, -0.2) is 12.9 Å². The number of ketones is 1. The number of benzene rings is 2. The summed E-state index contributed by atoms with van der Waals surface area (Å²) in [6, 6.07) is 7.68. The maximum Gasteiger partial charge on any atom is 0.194 e. The molecule has 6 heteroatoms. The van der Waals surface area contributed by atoms with E-state index < -0.39 is 0 Å². The predicted molar refractivity (Wildman–Crippen MR) is 82.3 cm³/mol. The van der Waals surface area contributed by atoms with Gasteiger partial charge in [0.25, 0.3) is 0 Å². The van der Waals surface area contributed by atoms with E-state index in [0.717, 1.165) is 0 Å². The Hall–Kier alpha value is -1.42. The molecule has 0 bridgehead atoms. The number of hydrogen-bond acceptors (Lipinski definition) is 3. The van der Waals surface area contributed by atoms with Gasteiger partial charge in [-0.3, -0.25) is 4.79 Å². The molecule has 0 saturated heterocycles. The van der Waals surface area contributed by atoms with Crippen LogP contribution >= 0.6 is 34.8 Å². The Balaban J connectivity index is 2.49. The first-order valence-corrected chi connectivity index (χ1v) is 6.70. The molecule has 0 amide bonds. The number of hydrogen-bond donors (Lipinski definition) is 1. The van der Waals surface area contributed by atoms with E-state index in [1.807, 2.05) is 0 Å². The highest BCUT2D eigenvalue weighted by atomic mass is 35.5. The predicted octanol–water partition coefficient (Wildman–Crippen LogP) is 4.47. The monoisotopic (exact) mass is 329 g/mol. The van der Waals surface area contributed by atoms with Crippen molar-refractivity contribution in [1.82, 2.24) is 0 Å². The lowest BCUT2D eigenvalue weighted by Crippen LogP contribution is -2.04. The molecule has 0 aliphatic heterocycles. The van der Waals surface area contributed by atoms with Crippen molar-refractivity contribution in [3.8, 4) is 5.75 Å². The molecule has 0 radical (unpaired) electrons. The van der Waals surface area contributed by atoms with Crippen LogP contribution in [0.1, 0.15) is 15.9 Å². The third-order valence-corrected chi connectivity index (χ3v) is 3.81. The van der Waals surface area contributed by atoms with Gasteiger partial charge in [0.15, 0.2) is 5.78 Å². The van der Waals surface area contributed by atoms with Crippen LogP contribution in [0, 0.1) is 0 Å². The third kappa shape index (κ3) is 2.85. The number of carbonyl (C=O) groups is 1. The molecule has 2 aromatic carbocycles. The molecule has 0 unspecified atom stereocenters. The van der Waals surface area contributed by atoms with Crippen LogP contribution < -0.4 is 10.5 Å². The molecule has 0 atom stereocenters. The molecule has 20 heavy (non-hydrogen) atoms. The van der Waals surface area contributed by atoms with Gasteiger partial charge >= 0.3 is 0 Å². The van der Waals surface area contributed by atoms with Crippen molar-refractivity contribution in [3.63, 3.8) is 0 Å². The highest BCUT2D eigenvalue weighted by molar-refractivity contribution is 6.44. The van der Waals surface area contributed by atoms with Gasteiger partial charge in [0, 0.05) is 16.8 Å². The first kappa shape index (κ1) is 15.0. The van der Waals surface area contributed by atoms with E-state index in [9.17, 15) is 4.79 Å². The summed E-state index contributed by atoms with van der Waals surface area (Å²) in [5.41, 5.74) is 6.65. The molecule has 2 rings (SSSR count). The van der Waals surface area contributed by atoms with E-state index in [1.54, 1.807) is 12.1 Å². The highest BCUT2D eigenvalue weighted by Crippen LogP contribution is 2.32. The minimum absolute atomic E-state index is 0.165. The minimum atomic E-state index is -0.311. The smallest absolute Gasteiger partial charge is 0.194 e. The molecular formula is C14H10Cl3NO2. The minimum Gasteiger partial charge on any atom is -0.495 e. The Morgan fingerprint density at radius 3 is 2.40 bits per heavy atom. The second-order valence-electron chi connectivity index (χ2n) is 4.04. The van der Waals surface area contributed by atoms with E-state index in [0.29, 0.717) is 22.0 Å². The summed E-state index contributed by atoms with van der Waals surface area (Å²) in [6.07, 6.45) is 0. The Morgan fingerprint density at radius 2 is 1.80 bits per heavy atom. The fraction of sp³-hybridized carbons (Fsp3) is 0.0714. The second kappa shape index (κ2) is 5.92. The Kier molecular flexibility index (Phi) is 4.43. The lowest BCUT2D eigenvalue weighted by molar-refractivity contribution is 0.103. The van der Waals surface area contributed by atoms with E-state index in [4.69, 9.17) is 45.3 Å². The van der Waals surface area contributed by atoms with Crippen LogP contribution in [0.25, 0.3) is 0 Å². The van der Waals surface area contributed by atoms with E-state index in [2.05, 4.69) is 0 Å². The number of halogens is 3. The van der Waals surface area contributed by atoms with Crippen molar-refractivity contribution in [2.75, 3.05) is 12.8 Å². The number of carbonyl (C=O) groups excluding carboxylic acids is 1. The zero-order chi connectivity index (χ0) is 14.9. The normalized spacial score (nSPS) is 10.4.